The second-order valence-electron chi connectivity index (χ2n) is 25.6. The van der Waals surface area contributed by atoms with Gasteiger partial charge in [0.1, 0.15) is 13.2 Å². The molecule has 0 saturated heterocycles. The van der Waals surface area contributed by atoms with Gasteiger partial charge in [-0.3, -0.25) is 14.4 Å². The van der Waals surface area contributed by atoms with Crippen LogP contribution in [0.1, 0.15) is 432 Å². The van der Waals surface area contributed by atoms with Crippen molar-refractivity contribution < 1.29 is 28.6 Å². The van der Waals surface area contributed by atoms with Crippen LogP contribution in [0.5, 0.6) is 0 Å². The third-order valence-electron chi connectivity index (χ3n) is 17.3. The Bertz CT molecular complexity index is 1260. The molecule has 0 aromatic carbocycles. The summed E-state index contributed by atoms with van der Waals surface area (Å²) in [5.74, 6) is -0.822. The molecule has 0 aromatic rings. The van der Waals surface area contributed by atoms with E-state index in [0.29, 0.717) is 19.3 Å². The number of hydrogen-bond donors (Lipinski definition) is 0. The van der Waals surface area contributed by atoms with Crippen molar-refractivity contribution in [3.05, 3.63) is 12.2 Å². The lowest BCUT2D eigenvalue weighted by Crippen LogP contribution is -2.30. The van der Waals surface area contributed by atoms with Crippen molar-refractivity contribution in [2.24, 2.45) is 0 Å². The van der Waals surface area contributed by atoms with Crippen LogP contribution >= 0.6 is 0 Å². The Morgan fingerprint density at radius 1 is 0.235 bits per heavy atom. The van der Waals surface area contributed by atoms with Crippen LogP contribution in [0, 0.1) is 0 Å². The first-order valence-electron chi connectivity index (χ1n) is 37.2. The number of rotatable bonds is 70. The van der Waals surface area contributed by atoms with E-state index in [1.165, 1.54) is 334 Å². The highest BCUT2D eigenvalue weighted by Crippen LogP contribution is 2.19. The molecule has 0 rings (SSSR count). The number of hydrogen-bond acceptors (Lipinski definition) is 6. The summed E-state index contributed by atoms with van der Waals surface area (Å²) in [4.78, 5) is 38.5. The van der Waals surface area contributed by atoms with Crippen LogP contribution in [0.3, 0.4) is 0 Å². The van der Waals surface area contributed by atoms with Crippen LogP contribution in [-0.4, -0.2) is 37.2 Å². The molecule has 0 aliphatic rings. The Morgan fingerprint density at radius 3 is 0.617 bits per heavy atom. The molecular weight excluding hydrogens is 997 g/mol. The van der Waals surface area contributed by atoms with Crippen molar-refractivity contribution in [2.45, 2.75) is 438 Å². The Kier molecular flexibility index (Phi) is 69.0. The SMILES string of the molecule is CCCCCCCCCC/C=C\CCCCCCCCCCCCCCCCCCCCCC(=O)OCC(COC(=O)CCCCCCCCCCCCCCCCC)OC(=O)CCCCCCCCCCCCCCCCCCC. The summed E-state index contributed by atoms with van der Waals surface area (Å²) in [5, 5.41) is 0. The van der Waals surface area contributed by atoms with E-state index in [0.717, 1.165) is 57.8 Å². The molecule has 0 aromatic heterocycles. The van der Waals surface area contributed by atoms with Gasteiger partial charge in [0.15, 0.2) is 6.10 Å². The van der Waals surface area contributed by atoms with E-state index in [1.54, 1.807) is 0 Å². The number of unbranched alkanes of at least 4 members (excludes halogenated alkanes) is 57. The van der Waals surface area contributed by atoms with Crippen molar-refractivity contribution in [2.75, 3.05) is 13.2 Å². The summed E-state index contributed by atoms with van der Waals surface area (Å²) in [5.41, 5.74) is 0. The van der Waals surface area contributed by atoms with Crippen molar-refractivity contribution in [1.29, 1.82) is 0 Å². The van der Waals surface area contributed by atoms with Gasteiger partial charge in [0.2, 0.25) is 0 Å². The number of carbonyl (C=O) groups is 3. The van der Waals surface area contributed by atoms with Gasteiger partial charge in [-0.15, -0.1) is 0 Å². The quantitative estimate of drug-likeness (QED) is 0.0261. The first-order valence-corrected chi connectivity index (χ1v) is 37.2. The zero-order valence-electron chi connectivity index (χ0n) is 55.4. The van der Waals surface area contributed by atoms with Crippen molar-refractivity contribution in [3.63, 3.8) is 0 Å². The van der Waals surface area contributed by atoms with Gasteiger partial charge in [-0.1, -0.05) is 380 Å². The molecule has 0 amide bonds. The van der Waals surface area contributed by atoms with Crippen LogP contribution < -0.4 is 0 Å². The minimum absolute atomic E-state index is 0.0616. The van der Waals surface area contributed by atoms with Crippen LogP contribution in [0.2, 0.25) is 0 Å². The predicted octanol–water partition coefficient (Wildman–Crippen LogP) is 25.6. The van der Waals surface area contributed by atoms with Gasteiger partial charge < -0.3 is 14.2 Å². The molecule has 6 nitrogen and oxygen atoms in total. The molecule has 0 radical (unpaired) electrons. The molecule has 0 aliphatic carbocycles. The fourth-order valence-corrected chi connectivity index (χ4v) is 11.7. The molecule has 1 unspecified atom stereocenters. The van der Waals surface area contributed by atoms with Gasteiger partial charge in [0.25, 0.3) is 0 Å². The molecule has 81 heavy (non-hydrogen) atoms. The van der Waals surface area contributed by atoms with E-state index in [4.69, 9.17) is 14.2 Å². The lowest BCUT2D eigenvalue weighted by Gasteiger charge is -2.18. The largest absolute Gasteiger partial charge is 0.462 e. The molecule has 0 heterocycles. The number of allylic oxidation sites excluding steroid dienone is 2. The summed E-state index contributed by atoms with van der Waals surface area (Å²) < 4.78 is 17.0. The van der Waals surface area contributed by atoms with Gasteiger partial charge in [0, 0.05) is 19.3 Å². The second kappa shape index (κ2) is 70.6. The molecule has 0 bridgehead atoms. The monoisotopic (exact) mass is 1140 g/mol. The summed E-state index contributed by atoms with van der Waals surface area (Å²) in [7, 11) is 0. The van der Waals surface area contributed by atoms with Gasteiger partial charge in [-0.2, -0.15) is 0 Å². The second-order valence-corrected chi connectivity index (χ2v) is 25.6. The molecule has 6 heteroatoms. The molecule has 480 valence electrons. The lowest BCUT2D eigenvalue weighted by molar-refractivity contribution is -0.167. The molecular formula is C75H144O6. The average molecular weight is 1140 g/mol. The highest BCUT2D eigenvalue weighted by molar-refractivity contribution is 5.71. The maximum absolute atomic E-state index is 12.9. The van der Waals surface area contributed by atoms with Gasteiger partial charge in [-0.25, -0.2) is 0 Å². The molecule has 0 saturated carbocycles. The first-order chi connectivity index (χ1) is 40.0. The summed E-state index contributed by atoms with van der Waals surface area (Å²) >= 11 is 0. The van der Waals surface area contributed by atoms with E-state index >= 15 is 0 Å². The predicted molar refractivity (Wildman–Crippen MR) is 353 cm³/mol. The van der Waals surface area contributed by atoms with Crippen LogP contribution in [-0.2, 0) is 28.6 Å². The fourth-order valence-electron chi connectivity index (χ4n) is 11.7. The van der Waals surface area contributed by atoms with Crippen molar-refractivity contribution >= 4 is 17.9 Å². The molecule has 1 atom stereocenters. The Morgan fingerprint density at radius 2 is 0.407 bits per heavy atom. The van der Waals surface area contributed by atoms with E-state index in [2.05, 4.69) is 32.9 Å². The van der Waals surface area contributed by atoms with Crippen LogP contribution in [0.25, 0.3) is 0 Å². The van der Waals surface area contributed by atoms with E-state index in [9.17, 15) is 14.4 Å². The van der Waals surface area contributed by atoms with Crippen molar-refractivity contribution in [1.82, 2.24) is 0 Å². The number of carbonyl (C=O) groups excluding carboxylic acids is 3. The molecule has 0 fully saturated rings. The molecule has 0 N–H and O–H groups in total. The molecule has 0 aliphatic heterocycles. The average Bonchev–Trinajstić information content (AvgIpc) is 3.47. The Labute approximate surface area is 507 Å². The maximum atomic E-state index is 12.9. The van der Waals surface area contributed by atoms with Crippen LogP contribution in [0.15, 0.2) is 12.2 Å². The normalized spacial score (nSPS) is 12.0. The zero-order valence-corrected chi connectivity index (χ0v) is 55.4. The van der Waals surface area contributed by atoms with Gasteiger partial charge in [0.05, 0.1) is 0 Å². The minimum atomic E-state index is -0.765. The zero-order chi connectivity index (χ0) is 58.5. The van der Waals surface area contributed by atoms with Gasteiger partial charge >= 0.3 is 17.9 Å². The summed E-state index contributed by atoms with van der Waals surface area (Å²) in [6.45, 7) is 6.74. The van der Waals surface area contributed by atoms with Crippen LogP contribution in [0.4, 0.5) is 0 Å². The maximum Gasteiger partial charge on any atom is 0.306 e. The van der Waals surface area contributed by atoms with E-state index in [1.807, 2.05) is 0 Å². The smallest absolute Gasteiger partial charge is 0.306 e. The van der Waals surface area contributed by atoms with E-state index in [-0.39, 0.29) is 31.1 Å². The molecule has 0 spiro atoms. The highest BCUT2D eigenvalue weighted by Gasteiger charge is 2.20. The highest BCUT2D eigenvalue weighted by atomic mass is 16.6. The third-order valence-corrected chi connectivity index (χ3v) is 17.3. The third kappa shape index (κ3) is 68.8. The number of esters is 3. The Hall–Kier alpha value is -1.85. The summed E-state index contributed by atoms with van der Waals surface area (Å²) in [6, 6.07) is 0. The minimum Gasteiger partial charge on any atom is -0.462 e. The number of ether oxygens (including phenoxy) is 3. The van der Waals surface area contributed by atoms with Crippen molar-refractivity contribution in [3.8, 4) is 0 Å². The topological polar surface area (TPSA) is 78.9 Å². The lowest BCUT2D eigenvalue weighted by atomic mass is 10.0. The summed E-state index contributed by atoms with van der Waals surface area (Å²) in [6.07, 6.45) is 85.4. The fraction of sp³-hybridized carbons (Fsp3) is 0.933. The first kappa shape index (κ1) is 79.2. The van der Waals surface area contributed by atoms with E-state index < -0.39 is 6.10 Å². The van der Waals surface area contributed by atoms with Gasteiger partial charge in [-0.05, 0) is 44.9 Å². The standard InChI is InChI=1S/C75H144O6/c1-4-7-10-13-16-19-22-25-28-30-31-32-33-34-35-36-37-38-39-40-41-42-43-45-47-50-53-56-59-62-65-68-74(77)80-71-72(70-79-73(76)67-64-61-58-55-52-49-46-27-24-21-18-15-12-9-6-3)81-75(78)69-66-63-60-57-54-51-48-44-29-26-23-20-17-14-11-8-5-2/h30-31,72H,4-29,32-71H2,1-3H3/b31-30-. The Balaban J connectivity index is 4.13.